The lowest BCUT2D eigenvalue weighted by molar-refractivity contribution is 0.171. The van der Waals surface area contributed by atoms with E-state index in [1.165, 1.54) is 58.2 Å². The lowest BCUT2D eigenvalue weighted by Gasteiger charge is -2.35. The lowest BCUT2D eigenvalue weighted by Crippen LogP contribution is -2.46. The summed E-state index contributed by atoms with van der Waals surface area (Å²) in [5.41, 5.74) is 0.479. The molecule has 124 valence electrons. The van der Waals surface area contributed by atoms with Gasteiger partial charge in [0, 0.05) is 18.6 Å². The molecule has 0 aromatic heterocycles. The van der Waals surface area contributed by atoms with Crippen LogP contribution in [-0.2, 0) is 0 Å². The third-order valence-corrected chi connectivity index (χ3v) is 5.61. The van der Waals surface area contributed by atoms with E-state index in [1.54, 1.807) is 0 Å². The Morgan fingerprint density at radius 3 is 2.48 bits per heavy atom. The first-order chi connectivity index (χ1) is 9.94. The van der Waals surface area contributed by atoms with Crippen molar-refractivity contribution in [3.63, 3.8) is 0 Å². The Bertz CT molecular complexity index is 307. The zero-order valence-corrected chi connectivity index (χ0v) is 15.1. The van der Waals surface area contributed by atoms with Crippen molar-refractivity contribution in [3.8, 4) is 0 Å². The smallest absolute Gasteiger partial charge is 0.0159 e. The van der Waals surface area contributed by atoms with Crippen LogP contribution in [0.4, 0.5) is 0 Å². The van der Waals surface area contributed by atoms with E-state index in [4.69, 9.17) is 0 Å². The van der Waals surface area contributed by atoms with E-state index >= 15 is 0 Å². The predicted octanol–water partition coefficient (Wildman–Crippen LogP) is 4.30. The van der Waals surface area contributed by atoms with E-state index in [0.29, 0.717) is 5.41 Å². The number of rotatable bonds is 9. The molecule has 2 aliphatic carbocycles. The maximum Gasteiger partial charge on any atom is 0.0159 e. The monoisotopic (exact) mass is 294 g/mol. The molecule has 2 heteroatoms. The van der Waals surface area contributed by atoms with Gasteiger partial charge in [0.05, 0.1) is 0 Å². The van der Waals surface area contributed by atoms with E-state index < -0.39 is 0 Å². The highest BCUT2D eigenvalue weighted by atomic mass is 15.2. The minimum atomic E-state index is 0.479. The van der Waals surface area contributed by atoms with Crippen molar-refractivity contribution >= 4 is 0 Å². The van der Waals surface area contributed by atoms with E-state index in [9.17, 15) is 0 Å². The first kappa shape index (κ1) is 17.3. The summed E-state index contributed by atoms with van der Waals surface area (Å²) in [5.74, 6) is 1.69. The molecule has 2 aliphatic rings. The molecular formula is C19H38N2. The van der Waals surface area contributed by atoms with Crippen LogP contribution in [0.25, 0.3) is 0 Å². The molecule has 2 unspecified atom stereocenters. The summed E-state index contributed by atoms with van der Waals surface area (Å²) < 4.78 is 0. The highest BCUT2D eigenvalue weighted by Crippen LogP contribution is 2.42. The largest absolute Gasteiger partial charge is 0.313 e. The molecule has 0 aromatic carbocycles. The van der Waals surface area contributed by atoms with E-state index in [2.05, 4.69) is 44.8 Å². The Morgan fingerprint density at radius 1 is 1.19 bits per heavy atom. The molecule has 0 radical (unpaired) electrons. The van der Waals surface area contributed by atoms with Crippen LogP contribution >= 0.6 is 0 Å². The van der Waals surface area contributed by atoms with Crippen molar-refractivity contribution in [1.29, 1.82) is 0 Å². The van der Waals surface area contributed by atoms with E-state index in [1.807, 2.05) is 0 Å². The van der Waals surface area contributed by atoms with Gasteiger partial charge in [0.1, 0.15) is 0 Å². The van der Waals surface area contributed by atoms with Gasteiger partial charge in [-0.1, -0.05) is 34.6 Å². The third-order valence-electron chi connectivity index (χ3n) is 5.61. The quantitative estimate of drug-likeness (QED) is 0.682. The minimum Gasteiger partial charge on any atom is -0.313 e. The van der Waals surface area contributed by atoms with Gasteiger partial charge < -0.3 is 10.2 Å². The van der Waals surface area contributed by atoms with Crippen LogP contribution in [0.5, 0.6) is 0 Å². The molecule has 0 heterocycles. The van der Waals surface area contributed by atoms with Crippen LogP contribution in [0.2, 0.25) is 0 Å². The number of hydrogen-bond donors (Lipinski definition) is 1. The van der Waals surface area contributed by atoms with Crippen LogP contribution in [0.3, 0.4) is 0 Å². The summed E-state index contributed by atoms with van der Waals surface area (Å²) in [5, 5.41) is 3.87. The van der Waals surface area contributed by atoms with Crippen molar-refractivity contribution in [1.82, 2.24) is 10.2 Å². The van der Waals surface area contributed by atoms with E-state index in [-0.39, 0.29) is 0 Å². The Labute approximate surface area is 133 Å². The molecule has 0 saturated heterocycles. The van der Waals surface area contributed by atoms with Gasteiger partial charge in [-0.05, 0) is 68.9 Å². The van der Waals surface area contributed by atoms with Crippen molar-refractivity contribution in [3.05, 3.63) is 0 Å². The second-order valence-electron chi connectivity index (χ2n) is 8.63. The number of nitrogens with zero attached hydrogens (tertiary/aromatic N) is 1. The van der Waals surface area contributed by atoms with Crippen LogP contribution in [0, 0.1) is 17.3 Å². The van der Waals surface area contributed by atoms with Crippen molar-refractivity contribution in [2.24, 2.45) is 17.3 Å². The summed E-state index contributed by atoms with van der Waals surface area (Å²) in [7, 11) is 0. The summed E-state index contributed by atoms with van der Waals surface area (Å²) >= 11 is 0. The first-order valence-electron chi connectivity index (χ1n) is 9.41. The van der Waals surface area contributed by atoms with Gasteiger partial charge in [-0.25, -0.2) is 0 Å². The van der Waals surface area contributed by atoms with Gasteiger partial charge in [-0.3, -0.25) is 0 Å². The molecule has 0 amide bonds. The summed E-state index contributed by atoms with van der Waals surface area (Å²) in [6, 6.07) is 1.64. The standard InChI is InChI=1S/C19H38N2/c1-6-12-20-18-16(9-11-19(18,4)5)14-21(17-7-8-17)13-10-15(2)3/h15-18,20H,6-14H2,1-5H3. The molecule has 2 nitrogen and oxygen atoms in total. The van der Waals surface area contributed by atoms with Gasteiger partial charge in [0.25, 0.3) is 0 Å². The Morgan fingerprint density at radius 2 is 1.90 bits per heavy atom. The average molecular weight is 295 g/mol. The molecule has 1 N–H and O–H groups in total. The van der Waals surface area contributed by atoms with Gasteiger partial charge in [0.2, 0.25) is 0 Å². The molecule has 2 saturated carbocycles. The molecule has 21 heavy (non-hydrogen) atoms. The van der Waals surface area contributed by atoms with Gasteiger partial charge in [-0.2, -0.15) is 0 Å². The van der Waals surface area contributed by atoms with Crippen molar-refractivity contribution in [2.45, 2.75) is 85.2 Å². The normalized spacial score (nSPS) is 28.7. The molecular weight excluding hydrogens is 256 g/mol. The zero-order chi connectivity index (χ0) is 15.5. The highest BCUT2D eigenvalue weighted by molar-refractivity contribution is 4.98. The van der Waals surface area contributed by atoms with Crippen LogP contribution in [0.15, 0.2) is 0 Å². The van der Waals surface area contributed by atoms with E-state index in [0.717, 1.165) is 23.9 Å². The fourth-order valence-electron chi connectivity index (χ4n) is 4.04. The SMILES string of the molecule is CCCNC1C(CN(CCC(C)C)C2CC2)CCC1(C)C. The molecule has 2 atom stereocenters. The van der Waals surface area contributed by atoms with Crippen molar-refractivity contribution in [2.75, 3.05) is 19.6 Å². The van der Waals surface area contributed by atoms with Crippen LogP contribution in [0.1, 0.15) is 73.1 Å². The lowest BCUT2D eigenvalue weighted by atomic mass is 9.84. The summed E-state index contributed by atoms with van der Waals surface area (Å²) in [4.78, 5) is 2.83. The number of hydrogen-bond acceptors (Lipinski definition) is 2. The van der Waals surface area contributed by atoms with Crippen LogP contribution in [-0.4, -0.2) is 36.6 Å². The Kier molecular flexibility index (Phi) is 6.14. The van der Waals surface area contributed by atoms with Gasteiger partial charge in [-0.15, -0.1) is 0 Å². The summed E-state index contributed by atoms with van der Waals surface area (Å²) in [6.45, 7) is 15.8. The Hall–Kier alpha value is -0.0800. The summed E-state index contributed by atoms with van der Waals surface area (Å²) in [6.07, 6.45) is 8.31. The fourth-order valence-corrected chi connectivity index (χ4v) is 4.04. The molecule has 2 fully saturated rings. The highest BCUT2D eigenvalue weighted by Gasteiger charge is 2.43. The predicted molar refractivity (Wildman–Crippen MR) is 92.6 cm³/mol. The second-order valence-corrected chi connectivity index (χ2v) is 8.63. The second kappa shape index (κ2) is 7.46. The molecule has 2 rings (SSSR count). The maximum atomic E-state index is 3.87. The van der Waals surface area contributed by atoms with Gasteiger partial charge >= 0.3 is 0 Å². The van der Waals surface area contributed by atoms with Crippen LogP contribution < -0.4 is 5.32 Å². The molecule has 0 bridgehead atoms. The average Bonchev–Trinajstić information content (AvgIpc) is 3.20. The minimum absolute atomic E-state index is 0.479. The third kappa shape index (κ3) is 4.96. The Balaban J connectivity index is 1.91. The molecule has 0 aliphatic heterocycles. The maximum absolute atomic E-state index is 3.87. The fraction of sp³-hybridized carbons (Fsp3) is 1.00. The molecule has 0 aromatic rings. The number of nitrogens with one attached hydrogen (secondary N) is 1. The first-order valence-corrected chi connectivity index (χ1v) is 9.41. The van der Waals surface area contributed by atoms with Crippen molar-refractivity contribution < 1.29 is 0 Å². The van der Waals surface area contributed by atoms with Gasteiger partial charge in [0.15, 0.2) is 0 Å². The molecule has 0 spiro atoms. The zero-order valence-electron chi connectivity index (χ0n) is 15.1. The topological polar surface area (TPSA) is 15.3 Å².